The minimum absolute atomic E-state index is 0.247. The van der Waals surface area contributed by atoms with Gasteiger partial charge in [-0.25, -0.2) is 0 Å². The van der Waals surface area contributed by atoms with Crippen molar-refractivity contribution in [3.05, 3.63) is 57.9 Å². The predicted octanol–water partition coefficient (Wildman–Crippen LogP) is 3.52. The van der Waals surface area contributed by atoms with E-state index < -0.39 is 0 Å². The lowest BCUT2D eigenvalue weighted by Gasteiger charge is -2.26. The number of benzene rings is 1. The Labute approximate surface area is 181 Å². The minimum atomic E-state index is -0.330. The molecule has 1 saturated heterocycles. The summed E-state index contributed by atoms with van der Waals surface area (Å²) >= 11 is 1.51. The average molecular weight is 428 g/mol. The van der Waals surface area contributed by atoms with E-state index in [2.05, 4.69) is 15.5 Å². The van der Waals surface area contributed by atoms with Crippen LogP contribution in [0.1, 0.15) is 40.9 Å². The molecular formula is C23H29N3O3S. The van der Waals surface area contributed by atoms with Gasteiger partial charge < -0.3 is 20.3 Å². The number of nitrogens with one attached hydrogen (secondary N) is 2. The summed E-state index contributed by atoms with van der Waals surface area (Å²) in [6.07, 6.45) is 6.45. The molecule has 0 atom stereocenters. The van der Waals surface area contributed by atoms with E-state index >= 15 is 0 Å². The molecule has 7 heteroatoms. The van der Waals surface area contributed by atoms with Crippen molar-refractivity contribution in [3.8, 4) is 5.75 Å². The first-order chi connectivity index (χ1) is 14.7. The topological polar surface area (TPSA) is 70.7 Å². The van der Waals surface area contributed by atoms with Crippen LogP contribution in [0.25, 0.3) is 6.08 Å². The first kappa shape index (κ1) is 22.1. The van der Waals surface area contributed by atoms with Gasteiger partial charge in [0.1, 0.15) is 11.4 Å². The lowest BCUT2D eigenvalue weighted by molar-refractivity contribution is -0.117. The summed E-state index contributed by atoms with van der Waals surface area (Å²) in [6.45, 7) is 3.86. The molecule has 1 aromatic carbocycles. The molecule has 2 heterocycles. The van der Waals surface area contributed by atoms with Crippen molar-refractivity contribution in [2.45, 2.75) is 25.7 Å². The lowest BCUT2D eigenvalue weighted by atomic mass is 10.1. The maximum Gasteiger partial charge on any atom is 0.267 e. The van der Waals surface area contributed by atoms with E-state index in [0.29, 0.717) is 17.9 Å². The molecule has 2 N–H and O–H groups in total. The number of hydrogen-bond acceptors (Lipinski definition) is 5. The maximum absolute atomic E-state index is 12.8. The highest BCUT2D eigenvalue weighted by Gasteiger charge is 2.15. The Hall–Kier alpha value is -2.64. The molecule has 0 unspecified atom stereocenters. The second-order valence-electron chi connectivity index (χ2n) is 7.27. The third kappa shape index (κ3) is 6.71. The fourth-order valence-electron chi connectivity index (χ4n) is 3.39. The van der Waals surface area contributed by atoms with Gasteiger partial charge in [-0.15, -0.1) is 11.3 Å². The Morgan fingerprint density at radius 3 is 2.57 bits per heavy atom. The molecule has 0 radical (unpaired) electrons. The standard InChI is InChI=1S/C23H29N3O3S/c1-29-19-10-8-18(9-11-19)22(27)25-21(17-20-7-5-16-30-20)23(28)24-12-6-15-26-13-3-2-4-14-26/h5,7-11,16-17H,2-4,6,12-15H2,1H3,(H,24,28)(H,25,27)/b21-17-. The van der Waals surface area contributed by atoms with Gasteiger partial charge in [0.25, 0.3) is 11.8 Å². The van der Waals surface area contributed by atoms with Crippen LogP contribution in [0.2, 0.25) is 0 Å². The van der Waals surface area contributed by atoms with Crippen LogP contribution in [0.5, 0.6) is 5.75 Å². The zero-order valence-electron chi connectivity index (χ0n) is 17.4. The number of ether oxygens (including phenoxy) is 1. The van der Waals surface area contributed by atoms with Gasteiger partial charge in [-0.1, -0.05) is 12.5 Å². The lowest BCUT2D eigenvalue weighted by Crippen LogP contribution is -2.37. The maximum atomic E-state index is 12.8. The SMILES string of the molecule is COc1ccc(C(=O)N/C(=C\c2cccs2)C(=O)NCCCN2CCCCC2)cc1. The monoisotopic (exact) mass is 427 g/mol. The Morgan fingerprint density at radius 2 is 1.90 bits per heavy atom. The van der Waals surface area contributed by atoms with Gasteiger partial charge in [0.05, 0.1) is 7.11 Å². The van der Waals surface area contributed by atoms with Crippen molar-refractivity contribution in [2.24, 2.45) is 0 Å². The molecule has 0 saturated carbocycles. The normalized spacial score (nSPS) is 14.9. The van der Waals surface area contributed by atoms with Gasteiger partial charge >= 0.3 is 0 Å². The number of hydrogen-bond donors (Lipinski definition) is 2. The van der Waals surface area contributed by atoms with Gasteiger partial charge in [0.2, 0.25) is 0 Å². The van der Waals surface area contributed by atoms with Gasteiger partial charge in [-0.2, -0.15) is 0 Å². The fraction of sp³-hybridized carbons (Fsp3) is 0.391. The van der Waals surface area contributed by atoms with Crippen molar-refractivity contribution < 1.29 is 14.3 Å². The van der Waals surface area contributed by atoms with Crippen LogP contribution in [-0.4, -0.2) is 50.0 Å². The third-order valence-corrected chi connectivity index (χ3v) is 5.88. The predicted molar refractivity (Wildman–Crippen MR) is 121 cm³/mol. The number of carbonyl (C=O) groups excluding carboxylic acids is 2. The summed E-state index contributed by atoms with van der Waals surface area (Å²) in [6, 6.07) is 10.6. The summed E-state index contributed by atoms with van der Waals surface area (Å²) in [5.74, 6) is 0.0696. The van der Waals surface area contributed by atoms with Crippen molar-refractivity contribution >= 4 is 29.2 Å². The number of methoxy groups -OCH3 is 1. The summed E-state index contributed by atoms with van der Waals surface area (Å²) in [4.78, 5) is 28.8. The quantitative estimate of drug-likeness (QED) is 0.475. The molecule has 2 aromatic rings. The minimum Gasteiger partial charge on any atom is -0.497 e. The number of piperidine rings is 1. The highest BCUT2D eigenvalue weighted by molar-refractivity contribution is 7.10. The molecule has 1 aliphatic heterocycles. The van der Waals surface area contributed by atoms with Crippen molar-refractivity contribution in [2.75, 3.05) is 33.3 Å². The van der Waals surface area contributed by atoms with E-state index in [9.17, 15) is 9.59 Å². The number of amides is 2. The highest BCUT2D eigenvalue weighted by atomic mass is 32.1. The third-order valence-electron chi connectivity index (χ3n) is 5.06. The van der Waals surface area contributed by atoms with E-state index in [1.165, 1.54) is 30.6 Å². The average Bonchev–Trinajstić information content (AvgIpc) is 3.30. The first-order valence-electron chi connectivity index (χ1n) is 10.4. The largest absolute Gasteiger partial charge is 0.497 e. The summed E-state index contributed by atoms with van der Waals surface area (Å²) < 4.78 is 5.13. The summed E-state index contributed by atoms with van der Waals surface area (Å²) in [5.41, 5.74) is 0.710. The van der Waals surface area contributed by atoms with Crippen molar-refractivity contribution in [1.82, 2.24) is 15.5 Å². The molecule has 0 aliphatic carbocycles. The summed E-state index contributed by atoms with van der Waals surface area (Å²) in [7, 11) is 1.58. The van der Waals surface area contributed by atoms with Crippen LogP contribution >= 0.6 is 11.3 Å². The van der Waals surface area contributed by atoms with E-state index in [1.807, 2.05) is 17.5 Å². The van der Waals surface area contributed by atoms with Crippen LogP contribution in [0.3, 0.4) is 0 Å². The molecule has 1 fully saturated rings. The molecule has 160 valence electrons. The second kappa shape index (κ2) is 11.5. The first-order valence-corrected chi connectivity index (χ1v) is 11.2. The second-order valence-corrected chi connectivity index (χ2v) is 8.25. The Bertz CT molecular complexity index is 841. The van der Waals surface area contributed by atoms with Gasteiger partial charge in [-0.3, -0.25) is 9.59 Å². The highest BCUT2D eigenvalue weighted by Crippen LogP contribution is 2.15. The summed E-state index contributed by atoms with van der Waals surface area (Å²) in [5, 5.41) is 7.65. The fourth-order valence-corrected chi connectivity index (χ4v) is 4.05. The van der Waals surface area contributed by atoms with Crippen LogP contribution in [0.4, 0.5) is 0 Å². The smallest absolute Gasteiger partial charge is 0.267 e. The van der Waals surface area contributed by atoms with Crippen LogP contribution < -0.4 is 15.4 Å². The van der Waals surface area contributed by atoms with E-state index in [-0.39, 0.29) is 17.5 Å². The van der Waals surface area contributed by atoms with Crippen LogP contribution in [-0.2, 0) is 4.79 Å². The zero-order chi connectivity index (χ0) is 21.2. The number of thiophene rings is 1. The Balaban J connectivity index is 1.58. The van der Waals surface area contributed by atoms with Crippen LogP contribution in [0.15, 0.2) is 47.5 Å². The molecule has 1 aromatic heterocycles. The van der Waals surface area contributed by atoms with Crippen LogP contribution in [0, 0.1) is 0 Å². The van der Waals surface area contributed by atoms with E-state index in [4.69, 9.17) is 4.74 Å². The van der Waals surface area contributed by atoms with E-state index in [1.54, 1.807) is 37.5 Å². The molecule has 0 spiro atoms. The van der Waals surface area contributed by atoms with Gasteiger partial charge in [0, 0.05) is 17.0 Å². The van der Waals surface area contributed by atoms with Gasteiger partial charge in [0.15, 0.2) is 0 Å². The number of likely N-dealkylation sites (tertiary alicyclic amines) is 1. The molecule has 6 nitrogen and oxygen atoms in total. The molecule has 0 bridgehead atoms. The Morgan fingerprint density at radius 1 is 1.13 bits per heavy atom. The number of nitrogens with zero attached hydrogens (tertiary/aromatic N) is 1. The van der Waals surface area contributed by atoms with Crippen molar-refractivity contribution in [1.29, 1.82) is 0 Å². The van der Waals surface area contributed by atoms with E-state index in [0.717, 1.165) is 30.9 Å². The molecule has 3 rings (SSSR count). The van der Waals surface area contributed by atoms with Gasteiger partial charge in [-0.05, 0) is 80.7 Å². The molecular weight excluding hydrogens is 398 g/mol. The molecule has 30 heavy (non-hydrogen) atoms. The molecule has 2 amide bonds. The van der Waals surface area contributed by atoms with Crippen molar-refractivity contribution in [3.63, 3.8) is 0 Å². The number of carbonyl (C=O) groups is 2. The molecule has 1 aliphatic rings. The number of rotatable bonds is 9. The zero-order valence-corrected chi connectivity index (χ0v) is 18.2. The Kier molecular flexibility index (Phi) is 8.47.